The van der Waals surface area contributed by atoms with Gasteiger partial charge in [0.15, 0.2) is 6.10 Å². The molecule has 2 amide bonds. The number of benzene rings is 2. The van der Waals surface area contributed by atoms with Crippen molar-refractivity contribution in [2.75, 3.05) is 10.7 Å². The molecular formula is C22H21ClN4O5. The number of rotatable bonds is 7. The van der Waals surface area contributed by atoms with E-state index in [1.165, 1.54) is 25.1 Å². The first-order valence-electron chi connectivity index (χ1n) is 9.63. The standard InChI is InChI=1S/C22H21ClN4O5/c1-13-4-5-14(2)26(13)25-22(29)16-6-9-18(10-7-16)32-15(3)21(28)24-20-12-17(27(30)31)8-11-19(20)23/h4-12,15H,1-3H3,(H,24,28)(H,25,29)/t15-/m0/s1. The smallest absolute Gasteiger partial charge is 0.271 e. The predicted molar refractivity (Wildman–Crippen MR) is 121 cm³/mol. The van der Waals surface area contributed by atoms with E-state index in [2.05, 4.69) is 10.7 Å². The summed E-state index contributed by atoms with van der Waals surface area (Å²) in [4.78, 5) is 35.2. The maximum atomic E-state index is 12.5. The summed E-state index contributed by atoms with van der Waals surface area (Å²) >= 11 is 6.01. The Labute approximate surface area is 189 Å². The van der Waals surface area contributed by atoms with Crippen LogP contribution in [0.15, 0.2) is 54.6 Å². The van der Waals surface area contributed by atoms with Gasteiger partial charge in [-0.05, 0) is 63.2 Å². The second-order valence-corrected chi connectivity index (χ2v) is 7.49. The fraction of sp³-hybridized carbons (Fsp3) is 0.182. The van der Waals surface area contributed by atoms with Gasteiger partial charge in [0.2, 0.25) is 0 Å². The van der Waals surface area contributed by atoms with Crippen LogP contribution in [-0.4, -0.2) is 27.5 Å². The molecular weight excluding hydrogens is 436 g/mol. The number of carbonyl (C=O) groups excluding carboxylic acids is 2. The van der Waals surface area contributed by atoms with Crippen molar-refractivity contribution < 1.29 is 19.2 Å². The number of ether oxygens (including phenoxy) is 1. The number of aromatic nitrogens is 1. The van der Waals surface area contributed by atoms with Crippen molar-refractivity contribution in [2.45, 2.75) is 26.9 Å². The summed E-state index contributed by atoms with van der Waals surface area (Å²) in [5.41, 5.74) is 4.95. The van der Waals surface area contributed by atoms with Crippen LogP contribution in [-0.2, 0) is 4.79 Å². The van der Waals surface area contributed by atoms with Crippen molar-refractivity contribution >= 4 is 34.8 Å². The minimum absolute atomic E-state index is 0.115. The molecule has 0 radical (unpaired) electrons. The summed E-state index contributed by atoms with van der Waals surface area (Å²) in [6.07, 6.45) is -0.921. The van der Waals surface area contributed by atoms with Crippen molar-refractivity contribution in [2.24, 2.45) is 0 Å². The second kappa shape index (κ2) is 9.52. The Morgan fingerprint density at radius 2 is 1.69 bits per heavy atom. The van der Waals surface area contributed by atoms with E-state index in [0.717, 1.165) is 11.4 Å². The van der Waals surface area contributed by atoms with Crippen molar-refractivity contribution in [3.63, 3.8) is 0 Å². The molecule has 0 unspecified atom stereocenters. The van der Waals surface area contributed by atoms with Gasteiger partial charge in [-0.1, -0.05) is 11.6 Å². The lowest BCUT2D eigenvalue weighted by Crippen LogP contribution is -2.30. The van der Waals surface area contributed by atoms with E-state index in [-0.39, 0.29) is 22.3 Å². The Morgan fingerprint density at radius 3 is 2.28 bits per heavy atom. The Balaban J connectivity index is 1.62. The molecule has 1 aromatic heterocycles. The van der Waals surface area contributed by atoms with E-state index < -0.39 is 16.9 Å². The third-order valence-corrected chi connectivity index (χ3v) is 5.03. The number of nitro benzene ring substituents is 1. The molecule has 166 valence electrons. The first kappa shape index (κ1) is 22.8. The Kier molecular flexibility index (Phi) is 6.79. The number of non-ortho nitro benzene ring substituents is 1. The van der Waals surface area contributed by atoms with E-state index in [9.17, 15) is 19.7 Å². The molecule has 0 aliphatic rings. The van der Waals surface area contributed by atoms with E-state index >= 15 is 0 Å². The minimum atomic E-state index is -0.921. The van der Waals surface area contributed by atoms with Gasteiger partial charge in [0.1, 0.15) is 5.75 Å². The molecule has 0 saturated carbocycles. The molecule has 0 spiro atoms. The average molecular weight is 457 g/mol. The third-order valence-electron chi connectivity index (χ3n) is 4.70. The van der Waals surface area contributed by atoms with Crippen LogP contribution in [0.2, 0.25) is 5.02 Å². The van der Waals surface area contributed by atoms with E-state index in [4.69, 9.17) is 16.3 Å². The van der Waals surface area contributed by atoms with Crippen LogP contribution in [0, 0.1) is 24.0 Å². The van der Waals surface area contributed by atoms with Gasteiger partial charge in [-0.25, -0.2) is 0 Å². The maximum absolute atomic E-state index is 12.5. The van der Waals surface area contributed by atoms with Crippen LogP contribution < -0.4 is 15.5 Å². The molecule has 0 bridgehead atoms. The molecule has 1 heterocycles. The Hall–Kier alpha value is -3.85. The third kappa shape index (κ3) is 5.25. The summed E-state index contributed by atoms with van der Waals surface area (Å²) in [5.74, 6) is -0.444. The molecule has 0 aliphatic heterocycles. The number of amides is 2. The second-order valence-electron chi connectivity index (χ2n) is 7.09. The molecule has 9 nitrogen and oxygen atoms in total. The SMILES string of the molecule is Cc1ccc(C)n1NC(=O)c1ccc(O[C@@H](C)C(=O)Nc2cc([N+](=O)[O-])ccc2Cl)cc1. The molecule has 10 heteroatoms. The summed E-state index contributed by atoms with van der Waals surface area (Å²) in [6, 6.07) is 13.9. The van der Waals surface area contributed by atoms with E-state index in [0.29, 0.717) is 11.3 Å². The molecule has 1 atom stereocenters. The number of nitro groups is 1. The fourth-order valence-electron chi connectivity index (χ4n) is 2.91. The van der Waals surface area contributed by atoms with Crippen LogP contribution in [0.25, 0.3) is 0 Å². The summed E-state index contributed by atoms with van der Waals surface area (Å²) < 4.78 is 7.31. The molecule has 2 N–H and O–H groups in total. The highest BCUT2D eigenvalue weighted by Crippen LogP contribution is 2.27. The number of nitrogens with one attached hydrogen (secondary N) is 2. The number of hydrogen-bond acceptors (Lipinski definition) is 5. The number of carbonyl (C=O) groups is 2. The van der Waals surface area contributed by atoms with Gasteiger partial charge in [-0.2, -0.15) is 0 Å². The maximum Gasteiger partial charge on any atom is 0.271 e. The summed E-state index contributed by atoms with van der Waals surface area (Å²) in [6.45, 7) is 5.30. The topological polar surface area (TPSA) is 116 Å². The zero-order valence-corrected chi connectivity index (χ0v) is 18.3. The normalized spacial score (nSPS) is 11.5. The van der Waals surface area contributed by atoms with Crippen molar-refractivity contribution in [1.82, 2.24) is 4.68 Å². The lowest BCUT2D eigenvalue weighted by molar-refractivity contribution is -0.384. The van der Waals surface area contributed by atoms with Gasteiger partial charge in [0, 0.05) is 29.1 Å². The molecule has 0 fully saturated rings. The van der Waals surface area contributed by atoms with Gasteiger partial charge in [-0.3, -0.25) is 29.8 Å². The van der Waals surface area contributed by atoms with Gasteiger partial charge in [0.25, 0.3) is 17.5 Å². The Bertz CT molecular complexity index is 1150. The number of anilines is 1. The van der Waals surface area contributed by atoms with Crippen LogP contribution in [0.3, 0.4) is 0 Å². The zero-order valence-electron chi connectivity index (χ0n) is 17.6. The average Bonchev–Trinajstić information content (AvgIpc) is 3.07. The van der Waals surface area contributed by atoms with Gasteiger partial charge in [0.05, 0.1) is 15.6 Å². The highest BCUT2D eigenvalue weighted by molar-refractivity contribution is 6.33. The number of hydrogen-bond donors (Lipinski definition) is 2. The van der Waals surface area contributed by atoms with E-state index in [1.54, 1.807) is 28.9 Å². The Morgan fingerprint density at radius 1 is 1.06 bits per heavy atom. The van der Waals surface area contributed by atoms with Crippen molar-refractivity contribution in [3.8, 4) is 5.75 Å². The largest absolute Gasteiger partial charge is 0.481 e. The summed E-state index contributed by atoms with van der Waals surface area (Å²) in [7, 11) is 0. The molecule has 0 aliphatic carbocycles. The predicted octanol–water partition coefficient (Wildman–Crippen LogP) is 4.46. The van der Waals surface area contributed by atoms with Gasteiger partial charge >= 0.3 is 0 Å². The lowest BCUT2D eigenvalue weighted by atomic mass is 10.2. The van der Waals surface area contributed by atoms with Gasteiger partial charge < -0.3 is 10.1 Å². The minimum Gasteiger partial charge on any atom is -0.481 e. The number of halogens is 1. The highest BCUT2D eigenvalue weighted by Gasteiger charge is 2.18. The quantitative estimate of drug-likeness (QED) is 0.402. The molecule has 3 aromatic rings. The van der Waals surface area contributed by atoms with E-state index in [1.807, 2.05) is 26.0 Å². The van der Waals surface area contributed by atoms with Crippen molar-refractivity contribution in [3.05, 3.63) is 86.7 Å². The number of aryl methyl sites for hydroxylation is 2. The highest BCUT2D eigenvalue weighted by atomic mass is 35.5. The van der Waals surface area contributed by atoms with Crippen LogP contribution in [0.1, 0.15) is 28.7 Å². The lowest BCUT2D eigenvalue weighted by Gasteiger charge is -2.16. The summed E-state index contributed by atoms with van der Waals surface area (Å²) in [5, 5.41) is 13.6. The molecule has 32 heavy (non-hydrogen) atoms. The fourth-order valence-corrected chi connectivity index (χ4v) is 3.08. The first-order valence-corrected chi connectivity index (χ1v) is 10.0. The van der Waals surface area contributed by atoms with Gasteiger partial charge in [-0.15, -0.1) is 0 Å². The molecule has 3 rings (SSSR count). The van der Waals surface area contributed by atoms with Crippen LogP contribution >= 0.6 is 11.6 Å². The zero-order chi connectivity index (χ0) is 23.4. The van der Waals surface area contributed by atoms with Crippen LogP contribution in [0.5, 0.6) is 5.75 Å². The van der Waals surface area contributed by atoms with Crippen LogP contribution in [0.4, 0.5) is 11.4 Å². The molecule has 2 aromatic carbocycles. The van der Waals surface area contributed by atoms with Crippen molar-refractivity contribution in [1.29, 1.82) is 0 Å². The molecule has 0 saturated heterocycles. The number of nitrogens with zero attached hydrogens (tertiary/aromatic N) is 2. The first-order chi connectivity index (χ1) is 15.2. The monoisotopic (exact) mass is 456 g/mol.